The van der Waals surface area contributed by atoms with Crippen molar-refractivity contribution in [2.24, 2.45) is 0 Å². The molecule has 1 rings (SSSR count). The van der Waals surface area contributed by atoms with Crippen molar-refractivity contribution in [3.8, 4) is 0 Å². The molecule has 16 heavy (non-hydrogen) atoms. The monoisotopic (exact) mass is 287 g/mol. The molecule has 88 valence electrons. The Morgan fingerprint density at radius 3 is 2.75 bits per heavy atom. The van der Waals surface area contributed by atoms with Gasteiger partial charge in [0.2, 0.25) is 0 Å². The summed E-state index contributed by atoms with van der Waals surface area (Å²) in [5.41, 5.74) is 0.107. The zero-order valence-electron chi connectivity index (χ0n) is 9.17. The van der Waals surface area contributed by atoms with E-state index in [4.69, 9.17) is 0 Å². The molecule has 0 aliphatic rings. The Balaban J connectivity index is 2.68. The third-order valence-corrected chi connectivity index (χ3v) is 2.86. The van der Waals surface area contributed by atoms with Crippen molar-refractivity contribution < 1.29 is 9.18 Å². The molecule has 0 heterocycles. The Morgan fingerprint density at radius 1 is 1.50 bits per heavy atom. The summed E-state index contributed by atoms with van der Waals surface area (Å²) in [5, 5.41) is 3.64. The highest BCUT2D eigenvalue weighted by Crippen LogP contribution is 2.08. The third kappa shape index (κ3) is 3.59. The molecular formula is C12H15BrFNO. The van der Waals surface area contributed by atoms with Gasteiger partial charge in [0.15, 0.2) is 0 Å². The van der Waals surface area contributed by atoms with Crippen molar-refractivity contribution in [1.29, 1.82) is 0 Å². The molecule has 1 amide bonds. The maximum atomic E-state index is 13.3. The fourth-order valence-electron chi connectivity index (χ4n) is 1.42. The Labute approximate surface area is 103 Å². The second kappa shape index (κ2) is 6.63. The number of amides is 1. The fourth-order valence-corrected chi connectivity index (χ4v) is 1.97. The number of alkyl halides is 1. The molecule has 1 aromatic carbocycles. The lowest BCUT2D eigenvalue weighted by molar-refractivity contribution is 0.0931. The molecule has 2 nitrogen and oxygen atoms in total. The largest absolute Gasteiger partial charge is 0.349 e. The van der Waals surface area contributed by atoms with Crippen LogP contribution in [-0.4, -0.2) is 17.3 Å². The van der Waals surface area contributed by atoms with Crippen LogP contribution in [0.25, 0.3) is 0 Å². The first kappa shape index (κ1) is 13.2. The average Bonchev–Trinajstić information content (AvgIpc) is 2.28. The highest BCUT2D eigenvalue weighted by Gasteiger charge is 2.14. The Hall–Kier alpha value is -0.900. The van der Waals surface area contributed by atoms with Crippen LogP contribution in [-0.2, 0) is 0 Å². The molecule has 0 fully saturated rings. The number of benzene rings is 1. The summed E-state index contributed by atoms with van der Waals surface area (Å²) in [6, 6.07) is 6.10. The number of rotatable bonds is 5. The quantitative estimate of drug-likeness (QED) is 0.829. The molecule has 1 unspecified atom stereocenters. The standard InChI is InChI=1S/C12H15BrFNO/c1-2-9(7-8-13)15-12(16)10-5-3-4-6-11(10)14/h3-6,9H,2,7-8H2,1H3,(H,15,16). The van der Waals surface area contributed by atoms with Gasteiger partial charge >= 0.3 is 0 Å². The summed E-state index contributed by atoms with van der Waals surface area (Å²) in [5.74, 6) is -0.820. The van der Waals surface area contributed by atoms with E-state index in [0.717, 1.165) is 18.2 Å². The normalized spacial score (nSPS) is 12.2. The number of hydrogen-bond acceptors (Lipinski definition) is 1. The van der Waals surface area contributed by atoms with Crippen LogP contribution in [0.3, 0.4) is 0 Å². The summed E-state index contributed by atoms with van der Waals surface area (Å²) in [6.45, 7) is 1.99. The zero-order valence-corrected chi connectivity index (χ0v) is 10.8. The van der Waals surface area contributed by atoms with Gasteiger partial charge in [-0.25, -0.2) is 4.39 Å². The van der Waals surface area contributed by atoms with E-state index < -0.39 is 5.82 Å². The van der Waals surface area contributed by atoms with Crippen molar-refractivity contribution in [2.45, 2.75) is 25.8 Å². The minimum absolute atomic E-state index is 0.0893. The lowest BCUT2D eigenvalue weighted by atomic mass is 10.1. The molecule has 0 saturated heterocycles. The molecule has 0 aromatic heterocycles. The lowest BCUT2D eigenvalue weighted by Crippen LogP contribution is -2.35. The van der Waals surface area contributed by atoms with Gasteiger partial charge in [-0.2, -0.15) is 0 Å². The molecular weight excluding hydrogens is 273 g/mol. The van der Waals surface area contributed by atoms with E-state index in [2.05, 4.69) is 21.2 Å². The van der Waals surface area contributed by atoms with E-state index in [9.17, 15) is 9.18 Å². The lowest BCUT2D eigenvalue weighted by Gasteiger charge is -2.15. The maximum Gasteiger partial charge on any atom is 0.254 e. The predicted molar refractivity (Wildman–Crippen MR) is 66.4 cm³/mol. The van der Waals surface area contributed by atoms with Crippen molar-refractivity contribution in [1.82, 2.24) is 5.32 Å². The van der Waals surface area contributed by atoms with E-state index in [1.165, 1.54) is 12.1 Å². The summed E-state index contributed by atoms with van der Waals surface area (Å²) < 4.78 is 13.3. The Bertz CT molecular complexity index is 357. The first-order chi connectivity index (χ1) is 7.69. The van der Waals surface area contributed by atoms with Crippen LogP contribution in [0, 0.1) is 5.82 Å². The van der Waals surface area contributed by atoms with Crippen LogP contribution in [0.1, 0.15) is 30.1 Å². The zero-order chi connectivity index (χ0) is 12.0. The SMILES string of the molecule is CCC(CCBr)NC(=O)c1ccccc1F. The van der Waals surface area contributed by atoms with Gasteiger partial charge in [-0.15, -0.1) is 0 Å². The third-order valence-electron chi connectivity index (χ3n) is 2.40. The van der Waals surface area contributed by atoms with E-state index in [1.54, 1.807) is 12.1 Å². The molecule has 4 heteroatoms. The molecule has 1 aromatic rings. The van der Waals surface area contributed by atoms with Crippen LogP contribution >= 0.6 is 15.9 Å². The van der Waals surface area contributed by atoms with Gasteiger partial charge in [-0.1, -0.05) is 35.0 Å². The van der Waals surface area contributed by atoms with Crippen molar-refractivity contribution >= 4 is 21.8 Å². The average molecular weight is 288 g/mol. The van der Waals surface area contributed by atoms with Crippen molar-refractivity contribution in [2.75, 3.05) is 5.33 Å². The highest BCUT2D eigenvalue weighted by atomic mass is 79.9. The number of halogens is 2. The van der Waals surface area contributed by atoms with E-state index >= 15 is 0 Å². The smallest absolute Gasteiger partial charge is 0.254 e. The molecule has 1 atom stereocenters. The summed E-state index contributed by atoms with van der Waals surface area (Å²) in [6.07, 6.45) is 1.68. The van der Waals surface area contributed by atoms with Crippen molar-refractivity contribution in [3.63, 3.8) is 0 Å². The Kier molecular flexibility index (Phi) is 5.46. The number of hydrogen-bond donors (Lipinski definition) is 1. The number of carbonyl (C=O) groups excluding carboxylic acids is 1. The molecule has 0 aliphatic heterocycles. The topological polar surface area (TPSA) is 29.1 Å². The van der Waals surface area contributed by atoms with E-state index in [-0.39, 0.29) is 17.5 Å². The molecule has 1 N–H and O–H groups in total. The van der Waals surface area contributed by atoms with Gasteiger partial charge in [-0.3, -0.25) is 4.79 Å². The van der Waals surface area contributed by atoms with E-state index in [1.807, 2.05) is 6.92 Å². The van der Waals surface area contributed by atoms with Gasteiger partial charge in [-0.05, 0) is 25.0 Å². The molecule has 0 spiro atoms. The Morgan fingerprint density at radius 2 is 2.19 bits per heavy atom. The van der Waals surface area contributed by atoms with Crippen molar-refractivity contribution in [3.05, 3.63) is 35.6 Å². The molecule has 0 aliphatic carbocycles. The molecule has 0 radical (unpaired) electrons. The highest BCUT2D eigenvalue weighted by molar-refractivity contribution is 9.09. The van der Waals surface area contributed by atoms with Crippen LogP contribution in [0.2, 0.25) is 0 Å². The van der Waals surface area contributed by atoms with Gasteiger partial charge in [0, 0.05) is 11.4 Å². The van der Waals surface area contributed by atoms with Gasteiger partial charge in [0.1, 0.15) is 5.82 Å². The van der Waals surface area contributed by atoms with Crippen LogP contribution in [0.5, 0.6) is 0 Å². The molecule has 0 bridgehead atoms. The van der Waals surface area contributed by atoms with Crippen LogP contribution in [0.4, 0.5) is 4.39 Å². The second-order valence-electron chi connectivity index (χ2n) is 3.54. The van der Waals surface area contributed by atoms with Gasteiger partial charge in [0.25, 0.3) is 5.91 Å². The number of carbonyl (C=O) groups is 1. The van der Waals surface area contributed by atoms with Gasteiger partial charge < -0.3 is 5.32 Å². The fraction of sp³-hybridized carbons (Fsp3) is 0.417. The number of nitrogens with one attached hydrogen (secondary N) is 1. The summed E-state index contributed by atoms with van der Waals surface area (Å²) in [7, 11) is 0. The van der Waals surface area contributed by atoms with Gasteiger partial charge in [0.05, 0.1) is 5.56 Å². The predicted octanol–water partition coefficient (Wildman–Crippen LogP) is 3.12. The second-order valence-corrected chi connectivity index (χ2v) is 4.33. The minimum atomic E-state index is -0.478. The summed E-state index contributed by atoms with van der Waals surface area (Å²) in [4.78, 5) is 11.7. The van der Waals surface area contributed by atoms with E-state index in [0.29, 0.717) is 0 Å². The first-order valence-corrected chi connectivity index (χ1v) is 6.42. The van der Waals surface area contributed by atoms with Crippen LogP contribution < -0.4 is 5.32 Å². The summed E-state index contributed by atoms with van der Waals surface area (Å²) >= 11 is 3.33. The first-order valence-electron chi connectivity index (χ1n) is 5.30. The molecule has 0 saturated carbocycles. The van der Waals surface area contributed by atoms with Crippen LogP contribution in [0.15, 0.2) is 24.3 Å². The minimum Gasteiger partial charge on any atom is -0.349 e. The maximum absolute atomic E-state index is 13.3.